The van der Waals surface area contributed by atoms with Crippen molar-refractivity contribution in [2.75, 3.05) is 18.5 Å². The molecule has 1 aliphatic heterocycles. The molecular weight excluding hydrogens is 370 g/mol. The average molecular weight is 388 g/mol. The van der Waals surface area contributed by atoms with E-state index in [2.05, 4.69) is 5.32 Å². The van der Waals surface area contributed by atoms with Crippen LogP contribution >= 0.6 is 11.6 Å². The van der Waals surface area contributed by atoms with Gasteiger partial charge in [-0.25, -0.2) is 0 Å². The van der Waals surface area contributed by atoms with Crippen molar-refractivity contribution in [3.8, 4) is 5.75 Å². The highest BCUT2D eigenvalue weighted by Gasteiger charge is 2.28. The molecule has 2 aromatic rings. The lowest BCUT2D eigenvalue weighted by molar-refractivity contribution is -0.148. The van der Waals surface area contributed by atoms with E-state index in [0.717, 1.165) is 5.56 Å². The van der Waals surface area contributed by atoms with Crippen LogP contribution in [0.5, 0.6) is 5.75 Å². The maximum atomic E-state index is 12.3. The lowest BCUT2D eigenvalue weighted by atomic mass is 9.97. The van der Waals surface area contributed by atoms with E-state index in [4.69, 9.17) is 21.1 Å². The molecule has 0 unspecified atom stereocenters. The largest absolute Gasteiger partial charge is 0.492 e. The molecule has 0 fully saturated rings. The Morgan fingerprint density at radius 1 is 1.19 bits per heavy atom. The number of carbonyl (C=O) groups is 3. The number of halogens is 1. The van der Waals surface area contributed by atoms with E-state index in [0.29, 0.717) is 28.4 Å². The average Bonchev–Trinajstić information content (AvgIpc) is 2.65. The predicted molar refractivity (Wildman–Crippen MR) is 100 cm³/mol. The summed E-state index contributed by atoms with van der Waals surface area (Å²) < 4.78 is 10.7. The Balaban J connectivity index is 1.54. The van der Waals surface area contributed by atoms with E-state index in [1.807, 2.05) is 0 Å². The molecule has 140 valence electrons. The molecule has 0 aromatic heterocycles. The maximum Gasteiger partial charge on any atom is 0.313 e. The molecule has 1 atom stereocenters. The van der Waals surface area contributed by atoms with Crippen LogP contribution in [0.25, 0.3) is 0 Å². The second-order valence-electron chi connectivity index (χ2n) is 6.25. The molecule has 0 saturated carbocycles. The minimum atomic E-state index is -0.483. The molecule has 0 spiro atoms. The number of hydrogen-bond donors (Lipinski definition) is 1. The third kappa shape index (κ3) is 4.86. The fraction of sp³-hybridized carbons (Fsp3) is 0.250. The van der Waals surface area contributed by atoms with Crippen LogP contribution in [-0.4, -0.2) is 30.9 Å². The van der Waals surface area contributed by atoms with Gasteiger partial charge >= 0.3 is 5.97 Å². The highest BCUT2D eigenvalue weighted by molar-refractivity contribution is 6.30. The zero-order valence-corrected chi connectivity index (χ0v) is 15.4. The van der Waals surface area contributed by atoms with E-state index in [-0.39, 0.29) is 24.9 Å². The van der Waals surface area contributed by atoms with Gasteiger partial charge in [-0.1, -0.05) is 11.6 Å². The summed E-state index contributed by atoms with van der Waals surface area (Å²) in [5.41, 5.74) is 1.83. The molecule has 3 rings (SSSR count). The first-order valence-electron chi connectivity index (χ1n) is 8.41. The number of carbonyl (C=O) groups excluding carboxylic acids is 3. The molecule has 27 heavy (non-hydrogen) atoms. The first-order chi connectivity index (χ1) is 12.9. The summed E-state index contributed by atoms with van der Waals surface area (Å²) in [6.45, 7) is 1.25. The molecule has 0 aliphatic carbocycles. The topological polar surface area (TPSA) is 81.7 Å². The van der Waals surface area contributed by atoms with E-state index < -0.39 is 11.9 Å². The summed E-state index contributed by atoms with van der Waals surface area (Å²) in [6.07, 6.45) is 0.453. The van der Waals surface area contributed by atoms with Crippen molar-refractivity contribution in [2.24, 2.45) is 5.92 Å². The number of ether oxygens (including phenoxy) is 2. The van der Waals surface area contributed by atoms with Crippen molar-refractivity contribution in [2.45, 2.75) is 13.3 Å². The standard InChI is InChI=1S/C20H18ClNO5/c1-12(23)22-17-5-2-13(3-6-17)18(24)11-27-20(25)15-8-14-9-16(21)4-7-19(14)26-10-15/h2-7,9,15H,8,10-11H2,1H3,(H,22,23)/t15-/m0/s1. The Hall–Kier alpha value is -2.86. The quantitative estimate of drug-likeness (QED) is 0.629. The maximum absolute atomic E-state index is 12.3. The van der Waals surface area contributed by atoms with Gasteiger partial charge in [-0.2, -0.15) is 0 Å². The van der Waals surface area contributed by atoms with Crippen LogP contribution in [0, 0.1) is 5.92 Å². The summed E-state index contributed by atoms with van der Waals surface area (Å²) in [5, 5.41) is 3.19. The van der Waals surface area contributed by atoms with Gasteiger partial charge in [-0.3, -0.25) is 14.4 Å². The third-order valence-electron chi connectivity index (χ3n) is 4.13. The van der Waals surface area contributed by atoms with E-state index in [9.17, 15) is 14.4 Å². The zero-order chi connectivity index (χ0) is 19.4. The number of hydrogen-bond acceptors (Lipinski definition) is 5. The van der Waals surface area contributed by atoms with Gasteiger partial charge < -0.3 is 14.8 Å². The zero-order valence-electron chi connectivity index (χ0n) is 14.7. The van der Waals surface area contributed by atoms with Crippen LogP contribution in [0.15, 0.2) is 42.5 Å². The van der Waals surface area contributed by atoms with Crippen molar-refractivity contribution in [1.82, 2.24) is 0 Å². The van der Waals surface area contributed by atoms with Crippen LogP contribution in [0.2, 0.25) is 5.02 Å². The first kappa shape index (κ1) is 18.9. The summed E-state index contributed by atoms with van der Waals surface area (Å²) in [7, 11) is 0. The smallest absolute Gasteiger partial charge is 0.313 e. The monoisotopic (exact) mass is 387 g/mol. The third-order valence-corrected chi connectivity index (χ3v) is 4.37. The Morgan fingerprint density at radius 2 is 1.93 bits per heavy atom. The summed E-state index contributed by atoms with van der Waals surface area (Å²) in [4.78, 5) is 35.5. The van der Waals surface area contributed by atoms with Crippen molar-refractivity contribution in [3.05, 3.63) is 58.6 Å². The summed E-state index contributed by atoms with van der Waals surface area (Å²) >= 11 is 5.97. The van der Waals surface area contributed by atoms with Gasteiger partial charge in [-0.15, -0.1) is 0 Å². The molecule has 6 nitrogen and oxygen atoms in total. The highest BCUT2D eigenvalue weighted by atomic mass is 35.5. The van der Waals surface area contributed by atoms with E-state index in [1.165, 1.54) is 6.92 Å². The van der Waals surface area contributed by atoms with Crippen molar-refractivity contribution in [3.63, 3.8) is 0 Å². The fourth-order valence-corrected chi connectivity index (χ4v) is 2.99. The van der Waals surface area contributed by atoms with Crippen molar-refractivity contribution in [1.29, 1.82) is 0 Å². The fourth-order valence-electron chi connectivity index (χ4n) is 2.80. The van der Waals surface area contributed by atoms with Gasteiger partial charge in [0.15, 0.2) is 12.4 Å². The van der Waals surface area contributed by atoms with Gasteiger partial charge in [0.1, 0.15) is 12.4 Å². The molecule has 0 saturated heterocycles. The molecule has 2 aromatic carbocycles. The van der Waals surface area contributed by atoms with Gasteiger partial charge in [0.05, 0.1) is 5.92 Å². The molecule has 0 bridgehead atoms. The Bertz CT molecular complexity index is 878. The molecular formula is C20H18ClNO5. The van der Waals surface area contributed by atoms with Crippen LogP contribution in [-0.2, 0) is 20.7 Å². The Morgan fingerprint density at radius 3 is 2.63 bits per heavy atom. The summed E-state index contributed by atoms with van der Waals surface area (Å²) in [6, 6.07) is 11.6. The first-order valence-corrected chi connectivity index (χ1v) is 8.79. The summed E-state index contributed by atoms with van der Waals surface area (Å²) in [5.74, 6) is -0.771. The number of Topliss-reactive ketones (excluding diaryl/α,β-unsaturated/α-hetero) is 1. The van der Waals surface area contributed by atoms with Crippen LogP contribution in [0.4, 0.5) is 5.69 Å². The van der Waals surface area contributed by atoms with Crippen molar-refractivity contribution >= 4 is 34.9 Å². The SMILES string of the molecule is CC(=O)Nc1ccc(C(=O)COC(=O)[C@@H]2COc3ccc(Cl)cc3C2)cc1. The normalized spacial score (nSPS) is 15.3. The van der Waals surface area contributed by atoms with E-state index >= 15 is 0 Å². The molecule has 7 heteroatoms. The second-order valence-corrected chi connectivity index (χ2v) is 6.69. The number of amides is 1. The van der Waals surface area contributed by atoms with Gasteiger partial charge in [-0.05, 0) is 54.4 Å². The highest BCUT2D eigenvalue weighted by Crippen LogP contribution is 2.30. The number of rotatable bonds is 5. The number of ketones is 1. The van der Waals surface area contributed by atoms with E-state index in [1.54, 1.807) is 42.5 Å². The molecule has 1 amide bonds. The number of benzene rings is 2. The van der Waals surface area contributed by atoms with Crippen molar-refractivity contribution < 1.29 is 23.9 Å². The number of esters is 1. The van der Waals surface area contributed by atoms with Gasteiger partial charge in [0, 0.05) is 23.2 Å². The van der Waals surface area contributed by atoms with Crippen LogP contribution in [0.3, 0.4) is 0 Å². The van der Waals surface area contributed by atoms with Gasteiger partial charge in [0.2, 0.25) is 5.91 Å². The Kier molecular flexibility index (Phi) is 5.76. The second kappa shape index (κ2) is 8.22. The van der Waals surface area contributed by atoms with Gasteiger partial charge in [0.25, 0.3) is 0 Å². The number of nitrogens with one attached hydrogen (secondary N) is 1. The van der Waals surface area contributed by atoms with Crippen LogP contribution < -0.4 is 10.1 Å². The Labute approximate surface area is 161 Å². The predicted octanol–water partition coefficient (Wildman–Crippen LogP) is 3.28. The molecule has 0 radical (unpaired) electrons. The molecule has 1 heterocycles. The number of anilines is 1. The van der Waals surface area contributed by atoms with Crippen LogP contribution in [0.1, 0.15) is 22.8 Å². The lowest BCUT2D eigenvalue weighted by Crippen LogP contribution is -2.31. The minimum Gasteiger partial charge on any atom is -0.492 e. The molecule has 1 aliphatic rings. The number of fused-ring (bicyclic) bond motifs is 1. The molecule has 1 N–H and O–H groups in total. The minimum absolute atomic E-state index is 0.194. The lowest BCUT2D eigenvalue weighted by Gasteiger charge is -2.24.